The van der Waals surface area contributed by atoms with Crippen molar-refractivity contribution in [2.24, 2.45) is 0 Å². The number of hydrogen-bond acceptors (Lipinski definition) is 3. The molecule has 5 nitrogen and oxygen atoms in total. The van der Waals surface area contributed by atoms with Crippen molar-refractivity contribution in [2.75, 3.05) is 20.1 Å². The molecule has 3 rings (SSSR count). The van der Waals surface area contributed by atoms with Crippen LogP contribution in [0.15, 0.2) is 43.0 Å². The van der Waals surface area contributed by atoms with Crippen molar-refractivity contribution in [2.45, 2.75) is 18.9 Å². The molecule has 1 aliphatic rings. The standard InChI is InChI=1S/C16H20N4O/c1-17-11-15-3-2-9-20(15)16(21)13-4-6-14(7-5-13)19-10-8-18-12-19/h4-8,10,12,15,17H,2-3,9,11H2,1H3. The fraction of sp³-hybridized carbons (Fsp3) is 0.375. The lowest BCUT2D eigenvalue weighted by Gasteiger charge is -2.24. The number of carbonyl (C=O) groups is 1. The van der Waals surface area contributed by atoms with Crippen LogP contribution in [-0.2, 0) is 0 Å². The van der Waals surface area contributed by atoms with E-state index in [0.29, 0.717) is 6.04 Å². The molecule has 1 saturated heterocycles. The van der Waals surface area contributed by atoms with Gasteiger partial charge in [0.1, 0.15) is 0 Å². The summed E-state index contributed by atoms with van der Waals surface area (Å²) >= 11 is 0. The molecule has 1 aliphatic heterocycles. The number of benzene rings is 1. The van der Waals surface area contributed by atoms with Crippen LogP contribution in [0.3, 0.4) is 0 Å². The first-order chi connectivity index (χ1) is 10.3. The molecule has 1 aromatic heterocycles. The Labute approximate surface area is 124 Å². The van der Waals surface area contributed by atoms with Gasteiger partial charge in [0.25, 0.3) is 5.91 Å². The molecular formula is C16H20N4O. The highest BCUT2D eigenvalue weighted by molar-refractivity contribution is 5.94. The van der Waals surface area contributed by atoms with Crippen LogP contribution < -0.4 is 5.32 Å². The van der Waals surface area contributed by atoms with Gasteiger partial charge in [0, 0.05) is 42.8 Å². The zero-order valence-electron chi connectivity index (χ0n) is 12.2. The van der Waals surface area contributed by atoms with Gasteiger partial charge in [-0.05, 0) is 44.2 Å². The van der Waals surface area contributed by atoms with Gasteiger partial charge in [-0.25, -0.2) is 4.98 Å². The lowest BCUT2D eigenvalue weighted by Crippen LogP contribution is -2.40. The van der Waals surface area contributed by atoms with E-state index in [1.165, 1.54) is 0 Å². The third-order valence-electron chi connectivity index (χ3n) is 3.99. The Morgan fingerprint density at radius 1 is 1.38 bits per heavy atom. The summed E-state index contributed by atoms with van der Waals surface area (Å²) in [7, 11) is 1.93. The molecule has 21 heavy (non-hydrogen) atoms. The van der Waals surface area contributed by atoms with Crippen LogP contribution in [0.4, 0.5) is 0 Å². The highest BCUT2D eigenvalue weighted by Crippen LogP contribution is 2.20. The molecule has 1 aromatic carbocycles. The van der Waals surface area contributed by atoms with Crippen LogP contribution in [0.2, 0.25) is 0 Å². The molecular weight excluding hydrogens is 264 g/mol. The molecule has 0 bridgehead atoms. The van der Waals surface area contributed by atoms with E-state index in [1.807, 2.05) is 47.0 Å². The molecule has 0 saturated carbocycles. The van der Waals surface area contributed by atoms with Crippen molar-refractivity contribution < 1.29 is 4.79 Å². The Kier molecular flexibility index (Phi) is 4.01. The maximum absolute atomic E-state index is 12.6. The molecule has 1 unspecified atom stereocenters. The first-order valence-electron chi connectivity index (χ1n) is 7.33. The second-order valence-electron chi connectivity index (χ2n) is 5.37. The summed E-state index contributed by atoms with van der Waals surface area (Å²) < 4.78 is 1.92. The van der Waals surface area contributed by atoms with E-state index in [0.717, 1.165) is 37.2 Å². The number of likely N-dealkylation sites (N-methyl/N-ethyl adjacent to an activating group) is 1. The van der Waals surface area contributed by atoms with E-state index < -0.39 is 0 Å². The molecule has 1 amide bonds. The van der Waals surface area contributed by atoms with Crippen molar-refractivity contribution in [3.05, 3.63) is 48.5 Å². The maximum atomic E-state index is 12.6. The second kappa shape index (κ2) is 6.10. The van der Waals surface area contributed by atoms with Gasteiger partial charge >= 0.3 is 0 Å². The summed E-state index contributed by atoms with van der Waals surface area (Å²) in [6.07, 6.45) is 7.55. The number of rotatable bonds is 4. The Morgan fingerprint density at radius 2 is 2.19 bits per heavy atom. The summed E-state index contributed by atoms with van der Waals surface area (Å²) in [6.45, 7) is 1.72. The second-order valence-corrected chi connectivity index (χ2v) is 5.37. The molecule has 1 fully saturated rings. The molecule has 5 heteroatoms. The zero-order valence-corrected chi connectivity index (χ0v) is 12.2. The van der Waals surface area contributed by atoms with E-state index in [-0.39, 0.29) is 5.91 Å². The lowest BCUT2D eigenvalue weighted by atomic mass is 10.1. The third-order valence-corrected chi connectivity index (χ3v) is 3.99. The van der Waals surface area contributed by atoms with E-state index >= 15 is 0 Å². The van der Waals surface area contributed by atoms with Gasteiger partial charge in [-0.1, -0.05) is 0 Å². The number of carbonyl (C=O) groups excluding carboxylic acids is 1. The molecule has 110 valence electrons. The lowest BCUT2D eigenvalue weighted by molar-refractivity contribution is 0.0737. The van der Waals surface area contributed by atoms with Crippen LogP contribution in [0, 0.1) is 0 Å². The SMILES string of the molecule is CNCC1CCCN1C(=O)c1ccc(-n2ccnc2)cc1. The molecule has 0 aliphatic carbocycles. The summed E-state index contributed by atoms with van der Waals surface area (Å²) in [4.78, 5) is 18.6. The number of nitrogens with one attached hydrogen (secondary N) is 1. The van der Waals surface area contributed by atoms with Crippen LogP contribution in [0.25, 0.3) is 5.69 Å². The predicted molar refractivity (Wildman–Crippen MR) is 81.5 cm³/mol. The smallest absolute Gasteiger partial charge is 0.254 e. The van der Waals surface area contributed by atoms with Gasteiger partial charge in [-0.15, -0.1) is 0 Å². The summed E-state index contributed by atoms with van der Waals surface area (Å²) in [5.74, 6) is 0.130. The topological polar surface area (TPSA) is 50.2 Å². The first-order valence-corrected chi connectivity index (χ1v) is 7.33. The quantitative estimate of drug-likeness (QED) is 0.929. The molecule has 2 heterocycles. The number of imidazole rings is 1. The maximum Gasteiger partial charge on any atom is 0.254 e. The summed E-state index contributed by atoms with van der Waals surface area (Å²) in [5, 5.41) is 3.17. The Bertz CT molecular complexity index is 591. The van der Waals surface area contributed by atoms with Crippen molar-refractivity contribution >= 4 is 5.91 Å². The van der Waals surface area contributed by atoms with Gasteiger partial charge < -0.3 is 14.8 Å². The predicted octanol–water partition coefficient (Wildman–Crippen LogP) is 1.70. The van der Waals surface area contributed by atoms with E-state index in [9.17, 15) is 4.79 Å². The third kappa shape index (κ3) is 2.83. The van der Waals surface area contributed by atoms with Gasteiger partial charge in [-0.2, -0.15) is 0 Å². The van der Waals surface area contributed by atoms with E-state index in [4.69, 9.17) is 0 Å². The van der Waals surface area contributed by atoms with E-state index in [2.05, 4.69) is 10.3 Å². The normalized spacial score (nSPS) is 18.1. The Balaban J connectivity index is 1.76. The average Bonchev–Trinajstić information content (AvgIpc) is 3.19. The number of likely N-dealkylation sites (tertiary alicyclic amines) is 1. The van der Waals surface area contributed by atoms with Gasteiger partial charge in [0.15, 0.2) is 0 Å². The number of nitrogens with zero attached hydrogens (tertiary/aromatic N) is 3. The van der Waals surface area contributed by atoms with Crippen LogP contribution in [0.5, 0.6) is 0 Å². The fourth-order valence-electron chi connectivity index (χ4n) is 2.90. The fourth-order valence-corrected chi connectivity index (χ4v) is 2.90. The Hall–Kier alpha value is -2.14. The van der Waals surface area contributed by atoms with E-state index in [1.54, 1.807) is 12.5 Å². The van der Waals surface area contributed by atoms with Crippen LogP contribution in [-0.4, -0.2) is 46.5 Å². The average molecular weight is 284 g/mol. The summed E-state index contributed by atoms with van der Waals surface area (Å²) in [6, 6.07) is 8.02. The molecule has 0 spiro atoms. The largest absolute Gasteiger partial charge is 0.334 e. The molecule has 1 N–H and O–H groups in total. The minimum atomic E-state index is 0.130. The van der Waals surface area contributed by atoms with Gasteiger partial charge in [0.05, 0.1) is 6.33 Å². The highest BCUT2D eigenvalue weighted by atomic mass is 16.2. The van der Waals surface area contributed by atoms with Crippen LogP contribution in [0.1, 0.15) is 23.2 Å². The van der Waals surface area contributed by atoms with Crippen molar-refractivity contribution in [1.29, 1.82) is 0 Å². The molecule has 2 aromatic rings. The summed E-state index contributed by atoms with van der Waals surface area (Å²) in [5.41, 5.74) is 1.76. The number of amides is 1. The van der Waals surface area contributed by atoms with Crippen molar-refractivity contribution in [3.8, 4) is 5.69 Å². The Morgan fingerprint density at radius 3 is 2.86 bits per heavy atom. The molecule has 0 radical (unpaired) electrons. The van der Waals surface area contributed by atoms with Crippen molar-refractivity contribution in [3.63, 3.8) is 0 Å². The van der Waals surface area contributed by atoms with Gasteiger partial charge in [0.2, 0.25) is 0 Å². The zero-order chi connectivity index (χ0) is 14.7. The minimum absolute atomic E-state index is 0.130. The first kappa shape index (κ1) is 13.8. The number of hydrogen-bond donors (Lipinski definition) is 1. The van der Waals surface area contributed by atoms with Crippen LogP contribution >= 0.6 is 0 Å². The van der Waals surface area contributed by atoms with Crippen molar-refractivity contribution in [1.82, 2.24) is 19.8 Å². The minimum Gasteiger partial charge on any atom is -0.334 e. The highest BCUT2D eigenvalue weighted by Gasteiger charge is 2.28. The van der Waals surface area contributed by atoms with Gasteiger partial charge in [-0.3, -0.25) is 4.79 Å². The monoisotopic (exact) mass is 284 g/mol. The molecule has 1 atom stereocenters. The number of aromatic nitrogens is 2.